The van der Waals surface area contributed by atoms with Crippen molar-refractivity contribution in [2.45, 2.75) is 13.3 Å². The zero-order valence-corrected chi connectivity index (χ0v) is 17.9. The van der Waals surface area contributed by atoms with Crippen molar-refractivity contribution in [3.8, 4) is 5.75 Å². The molecule has 2 nitrogen and oxygen atoms in total. The van der Waals surface area contributed by atoms with E-state index in [4.69, 9.17) is 4.74 Å². The van der Waals surface area contributed by atoms with Gasteiger partial charge in [-0.05, 0) is 65.2 Å². The lowest BCUT2D eigenvalue weighted by Gasteiger charge is -2.28. The minimum Gasteiger partial charge on any atom is -0.497 e. The molecule has 5 aromatic rings. The summed E-state index contributed by atoms with van der Waals surface area (Å²) in [4.78, 5) is 2.36. The lowest BCUT2D eigenvalue weighted by Crippen LogP contribution is -2.11. The van der Waals surface area contributed by atoms with E-state index in [-0.39, 0.29) is 0 Å². The van der Waals surface area contributed by atoms with Gasteiger partial charge in [0.05, 0.1) is 12.8 Å². The second-order valence-corrected chi connectivity index (χ2v) is 7.72. The summed E-state index contributed by atoms with van der Waals surface area (Å²) in [7, 11) is 1.70. The van der Waals surface area contributed by atoms with Gasteiger partial charge in [-0.15, -0.1) is 0 Å². The van der Waals surface area contributed by atoms with Crippen LogP contribution in [0.1, 0.15) is 12.5 Å². The first kappa shape index (κ1) is 19.2. The van der Waals surface area contributed by atoms with Gasteiger partial charge in [0.1, 0.15) is 5.75 Å². The van der Waals surface area contributed by atoms with Crippen LogP contribution in [0.25, 0.3) is 21.5 Å². The lowest BCUT2D eigenvalue weighted by molar-refractivity contribution is 0.415. The average Bonchev–Trinajstić information content (AvgIpc) is 2.84. The molecule has 152 valence electrons. The second kappa shape index (κ2) is 8.16. The Morgan fingerprint density at radius 1 is 0.645 bits per heavy atom. The first-order chi connectivity index (χ1) is 15.3. The molecule has 0 aromatic heterocycles. The number of hydrogen-bond acceptors (Lipinski definition) is 2. The fraction of sp³-hybridized carbons (Fsp3) is 0.103. The third kappa shape index (κ3) is 3.51. The molecule has 0 saturated heterocycles. The molecule has 0 heterocycles. The Morgan fingerprint density at radius 3 is 1.68 bits per heavy atom. The van der Waals surface area contributed by atoms with Crippen LogP contribution in [0.15, 0.2) is 103 Å². The first-order valence-electron chi connectivity index (χ1n) is 10.7. The normalized spacial score (nSPS) is 11.0. The standard InChI is InChI=1S/C29H25NO/c1-3-21-12-14-24(15-13-21)30(25-16-18-26(31-2)19-17-25)29-27-10-6-4-8-22(27)20-23-9-5-7-11-28(23)29/h4-20H,3H2,1-2H3. The number of methoxy groups -OCH3 is 1. The molecule has 0 amide bonds. The van der Waals surface area contributed by atoms with Crippen LogP contribution in [0.5, 0.6) is 5.75 Å². The molecule has 0 saturated carbocycles. The molecular formula is C29H25NO. The van der Waals surface area contributed by atoms with E-state index in [1.165, 1.54) is 32.8 Å². The van der Waals surface area contributed by atoms with E-state index >= 15 is 0 Å². The first-order valence-corrected chi connectivity index (χ1v) is 10.7. The number of hydrogen-bond donors (Lipinski definition) is 0. The quantitative estimate of drug-likeness (QED) is 0.275. The van der Waals surface area contributed by atoms with Gasteiger partial charge >= 0.3 is 0 Å². The summed E-state index contributed by atoms with van der Waals surface area (Å²) in [6.07, 6.45) is 1.03. The topological polar surface area (TPSA) is 12.5 Å². The molecule has 0 unspecified atom stereocenters. The van der Waals surface area contributed by atoms with Crippen LogP contribution >= 0.6 is 0 Å². The van der Waals surface area contributed by atoms with Crippen molar-refractivity contribution >= 4 is 38.6 Å². The summed E-state index contributed by atoms with van der Waals surface area (Å²) in [5.74, 6) is 0.854. The zero-order chi connectivity index (χ0) is 21.2. The monoisotopic (exact) mass is 403 g/mol. The highest BCUT2D eigenvalue weighted by molar-refractivity contribution is 6.14. The van der Waals surface area contributed by atoms with E-state index in [0.29, 0.717) is 0 Å². The Bertz CT molecular complexity index is 1240. The zero-order valence-electron chi connectivity index (χ0n) is 17.9. The highest BCUT2D eigenvalue weighted by atomic mass is 16.5. The number of anilines is 3. The smallest absolute Gasteiger partial charge is 0.119 e. The maximum atomic E-state index is 5.41. The van der Waals surface area contributed by atoms with E-state index in [2.05, 4.69) is 103 Å². The Kier molecular flexibility index (Phi) is 5.05. The third-order valence-corrected chi connectivity index (χ3v) is 5.90. The fourth-order valence-corrected chi connectivity index (χ4v) is 4.25. The molecule has 0 N–H and O–H groups in total. The number of ether oxygens (including phenoxy) is 1. The maximum absolute atomic E-state index is 5.41. The van der Waals surface area contributed by atoms with Gasteiger partial charge in [-0.1, -0.05) is 67.6 Å². The van der Waals surface area contributed by atoms with Gasteiger partial charge in [-0.25, -0.2) is 0 Å². The van der Waals surface area contributed by atoms with Gasteiger partial charge in [0, 0.05) is 22.1 Å². The van der Waals surface area contributed by atoms with Crippen LogP contribution in [0, 0.1) is 0 Å². The Balaban J connectivity index is 1.84. The SMILES string of the molecule is CCc1ccc(N(c2ccc(OC)cc2)c2c3ccccc3cc3ccccc23)cc1. The summed E-state index contributed by atoms with van der Waals surface area (Å²) in [6, 6.07) is 36.7. The third-order valence-electron chi connectivity index (χ3n) is 5.90. The average molecular weight is 404 g/mol. The van der Waals surface area contributed by atoms with E-state index < -0.39 is 0 Å². The second-order valence-electron chi connectivity index (χ2n) is 7.72. The molecule has 0 aliphatic heterocycles. The van der Waals surface area contributed by atoms with Crippen LogP contribution in [0.2, 0.25) is 0 Å². The molecule has 0 radical (unpaired) electrons. The van der Waals surface area contributed by atoms with Crippen molar-refractivity contribution in [2.24, 2.45) is 0 Å². The molecule has 0 aliphatic carbocycles. The lowest BCUT2D eigenvalue weighted by atomic mass is 9.99. The van der Waals surface area contributed by atoms with E-state index in [1.54, 1.807) is 7.11 Å². The van der Waals surface area contributed by atoms with Crippen molar-refractivity contribution < 1.29 is 4.74 Å². The molecule has 31 heavy (non-hydrogen) atoms. The highest BCUT2D eigenvalue weighted by Crippen LogP contribution is 2.43. The van der Waals surface area contributed by atoms with Crippen molar-refractivity contribution in [3.05, 3.63) is 109 Å². The summed E-state index contributed by atoms with van der Waals surface area (Å²) in [6.45, 7) is 2.19. The van der Waals surface area contributed by atoms with E-state index in [1.807, 2.05) is 12.1 Å². The number of nitrogens with zero attached hydrogens (tertiary/aromatic N) is 1. The van der Waals surface area contributed by atoms with Crippen LogP contribution in [0.3, 0.4) is 0 Å². The van der Waals surface area contributed by atoms with Crippen LogP contribution in [-0.2, 0) is 6.42 Å². The van der Waals surface area contributed by atoms with Gasteiger partial charge in [0.2, 0.25) is 0 Å². The van der Waals surface area contributed by atoms with Gasteiger partial charge in [-0.3, -0.25) is 0 Å². The minimum absolute atomic E-state index is 0.854. The predicted octanol–water partition coefficient (Wildman–Crippen LogP) is 8.03. The van der Waals surface area contributed by atoms with Crippen molar-refractivity contribution in [2.75, 3.05) is 12.0 Å². The molecule has 5 aromatic carbocycles. The molecular weight excluding hydrogens is 378 g/mol. The van der Waals surface area contributed by atoms with E-state index in [9.17, 15) is 0 Å². The number of aryl methyl sites for hydroxylation is 1. The molecule has 0 bridgehead atoms. The summed E-state index contributed by atoms with van der Waals surface area (Å²) in [5.41, 5.74) is 4.78. The van der Waals surface area contributed by atoms with Crippen LogP contribution in [0.4, 0.5) is 17.1 Å². The van der Waals surface area contributed by atoms with Crippen molar-refractivity contribution in [1.82, 2.24) is 0 Å². The maximum Gasteiger partial charge on any atom is 0.119 e. The van der Waals surface area contributed by atoms with Crippen LogP contribution < -0.4 is 9.64 Å². The summed E-state index contributed by atoms with van der Waals surface area (Å²) in [5, 5.41) is 4.94. The Labute approximate surface area is 183 Å². The number of fused-ring (bicyclic) bond motifs is 2. The van der Waals surface area contributed by atoms with Crippen molar-refractivity contribution in [3.63, 3.8) is 0 Å². The van der Waals surface area contributed by atoms with E-state index in [0.717, 1.165) is 23.5 Å². The minimum atomic E-state index is 0.854. The molecule has 2 heteroatoms. The summed E-state index contributed by atoms with van der Waals surface area (Å²) < 4.78 is 5.41. The van der Waals surface area contributed by atoms with Crippen LogP contribution in [-0.4, -0.2) is 7.11 Å². The Hall–Kier alpha value is -3.78. The highest BCUT2D eigenvalue weighted by Gasteiger charge is 2.18. The van der Waals surface area contributed by atoms with Crippen molar-refractivity contribution in [1.29, 1.82) is 0 Å². The molecule has 0 spiro atoms. The number of rotatable bonds is 5. The molecule has 0 fully saturated rings. The van der Waals surface area contributed by atoms with Gasteiger partial charge in [0.25, 0.3) is 0 Å². The fourth-order valence-electron chi connectivity index (χ4n) is 4.25. The van der Waals surface area contributed by atoms with Gasteiger partial charge in [-0.2, -0.15) is 0 Å². The van der Waals surface area contributed by atoms with Gasteiger partial charge in [0.15, 0.2) is 0 Å². The Morgan fingerprint density at radius 2 is 1.16 bits per heavy atom. The summed E-state index contributed by atoms with van der Waals surface area (Å²) >= 11 is 0. The largest absolute Gasteiger partial charge is 0.497 e. The molecule has 5 rings (SSSR count). The predicted molar refractivity (Wildman–Crippen MR) is 132 cm³/mol. The molecule has 0 aliphatic rings. The number of benzene rings is 5. The molecule has 0 atom stereocenters. The van der Waals surface area contributed by atoms with Gasteiger partial charge < -0.3 is 9.64 Å².